The molecule has 0 amide bonds. The van der Waals surface area contributed by atoms with Crippen molar-refractivity contribution < 1.29 is 4.79 Å². The number of Topliss-reactive ketones (excluding diaryl/α,β-unsaturated/α-hetero) is 1. The average molecular weight is 457 g/mol. The highest BCUT2D eigenvalue weighted by atomic mass is 32.1. The largest absolute Gasteiger partial charge is 0.340 e. The third-order valence-corrected chi connectivity index (χ3v) is 6.58. The van der Waals surface area contributed by atoms with Crippen LogP contribution in [0.3, 0.4) is 0 Å². The van der Waals surface area contributed by atoms with Crippen LogP contribution in [0.2, 0.25) is 0 Å². The molecular formula is C25H24N6OS. The van der Waals surface area contributed by atoms with E-state index in [0.29, 0.717) is 13.0 Å². The molecule has 33 heavy (non-hydrogen) atoms. The summed E-state index contributed by atoms with van der Waals surface area (Å²) >= 11 is 1.69. The van der Waals surface area contributed by atoms with Gasteiger partial charge in [0.05, 0.1) is 11.2 Å². The van der Waals surface area contributed by atoms with Crippen molar-refractivity contribution in [3.8, 4) is 0 Å². The van der Waals surface area contributed by atoms with E-state index in [9.17, 15) is 4.79 Å². The van der Waals surface area contributed by atoms with Crippen molar-refractivity contribution in [2.75, 3.05) is 32.5 Å². The fourth-order valence-corrected chi connectivity index (χ4v) is 4.88. The Morgan fingerprint density at radius 1 is 1.12 bits per heavy atom. The molecule has 5 rings (SSSR count). The first kappa shape index (κ1) is 21.4. The number of aromatic nitrogens is 1. The smallest absolute Gasteiger partial charge is 0.162 e. The van der Waals surface area contributed by atoms with Gasteiger partial charge in [-0.05, 0) is 61.9 Å². The van der Waals surface area contributed by atoms with Gasteiger partial charge in [-0.3, -0.25) is 4.79 Å². The minimum atomic E-state index is 0.158. The molecule has 2 aromatic carbocycles. The van der Waals surface area contributed by atoms with Crippen molar-refractivity contribution in [3.63, 3.8) is 0 Å². The molecule has 0 spiro atoms. The highest BCUT2D eigenvalue weighted by Crippen LogP contribution is 2.35. The number of pyridine rings is 1. The van der Waals surface area contributed by atoms with E-state index in [4.69, 9.17) is 4.98 Å². The number of rotatable bonds is 8. The van der Waals surface area contributed by atoms with Crippen LogP contribution in [0.25, 0.3) is 21.0 Å². The molecule has 4 aromatic rings. The maximum absolute atomic E-state index is 12.7. The molecule has 0 atom stereocenters. The second-order valence-corrected chi connectivity index (χ2v) is 9.24. The summed E-state index contributed by atoms with van der Waals surface area (Å²) in [5, 5.41) is 19.5. The van der Waals surface area contributed by atoms with Crippen molar-refractivity contribution in [2.24, 2.45) is 15.4 Å². The molecule has 8 heteroatoms. The summed E-state index contributed by atoms with van der Waals surface area (Å²) in [6, 6.07) is 15.9. The molecule has 1 aliphatic heterocycles. The predicted molar refractivity (Wildman–Crippen MR) is 135 cm³/mol. The summed E-state index contributed by atoms with van der Waals surface area (Å²) < 4.78 is 1.17. The maximum atomic E-state index is 12.7. The van der Waals surface area contributed by atoms with Gasteiger partial charge in [0.15, 0.2) is 5.78 Å². The van der Waals surface area contributed by atoms with Crippen LogP contribution in [0.5, 0.6) is 0 Å². The Kier molecular flexibility index (Phi) is 5.93. The Balaban J connectivity index is 1.46. The fourth-order valence-electron chi connectivity index (χ4n) is 3.95. The van der Waals surface area contributed by atoms with E-state index in [0.717, 1.165) is 57.6 Å². The average Bonchev–Trinajstić information content (AvgIpc) is 3.51. The normalized spacial score (nSPS) is 13.2. The lowest BCUT2D eigenvalue weighted by molar-refractivity contribution is 0.0977. The molecule has 1 aliphatic rings. The van der Waals surface area contributed by atoms with Crippen molar-refractivity contribution in [1.82, 2.24) is 9.88 Å². The monoisotopic (exact) mass is 456 g/mol. The fraction of sp³-hybridized carbons (Fsp3) is 0.240. The first-order chi connectivity index (χ1) is 16.1. The lowest BCUT2D eigenvalue weighted by Gasteiger charge is -2.12. The lowest BCUT2D eigenvalue weighted by atomic mass is 10.1. The van der Waals surface area contributed by atoms with Gasteiger partial charge in [0.25, 0.3) is 0 Å². The zero-order valence-corrected chi connectivity index (χ0v) is 19.4. The maximum Gasteiger partial charge on any atom is 0.162 e. The van der Waals surface area contributed by atoms with E-state index in [2.05, 4.69) is 49.2 Å². The molecule has 0 saturated carbocycles. The van der Waals surface area contributed by atoms with Gasteiger partial charge in [-0.15, -0.1) is 16.4 Å². The summed E-state index contributed by atoms with van der Waals surface area (Å²) in [7, 11) is 4.04. The second-order valence-electron chi connectivity index (χ2n) is 8.33. The minimum Gasteiger partial charge on any atom is -0.340 e. The van der Waals surface area contributed by atoms with Crippen molar-refractivity contribution >= 4 is 55.3 Å². The highest BCUT2D eigenvalue weighted by Gasteiger charge is 2.14. The Morgan fingerprint density at radius 3 is 2.85 bits per heavy atom. The Hall–Kier alpha value is -3.49. The van der Waals surface area contributed by atoms with Gasteiger partial charge >= 0.3 is 0 Å². The molecule has 166 valence electrons. The van der Waals surface area contributed by atoms with Crippen LogP contribution in [0.1, 0.15) is 28.8 Å². The number of anilines is 2. The number of benzene rings is 2. The molecule has 1 N–H and O–H groups in total. The molecule has 0 aliphatic carbocycles. The summed E-state index contributed by atoms with van der Waals surface area (Å²) in [6.07, 6.45) is 1.38. The molecule has 2 aromatic heterocycles. The van der Waals surface area contributed by atoms with Crippen LogP contribution in [-0.2, 0) is 0 Å². The molecule has 0 radical (unpaired) electrons. The SMILES string of the molecule is CN(C)CCCC(=O)c1cccc(Nc2nc3cc(C4=NN=NC4)ccc3c3sccc23)c1. The first-order valence-electron chi connectivity index (χ1n) is 10.9. The Labute approximate surface area is 195 Å². The number of fused-ring (bicyclic) bond motifs is 3. The number of ketones is 1. The number of hydrogen-bond donors (Lipinski definition) is 1. The molecule has 0 unspecified atom stereocenters. The van der Waals surface area contributed by atoms with Gasteiger partial charge in [0, 0.05) is 38.7 Å². The van der Waals surface area contributed by atoms with Crippen molar-refractivity contribution in [3.05, 3.63) is 65.0 Å². The summed E-state index contributed by atoms with van der Waals surface area (Å²) in [5.74, 6) is 0.932. The van der Waals surface area contributed by atoms with E-state index < -0.39 is 0 Å². The molecule has 0 fully saturated rings. The van der Waals surface area contributed by atoms with Crippen LogP contribution in [-0.4, -0.2) is 48.6 Å². The van der Waals surface area contributed by atoms with Gasteiger partial charge < -0.3 is 10.2 Å². The van der Waals surface area contributed by atoms with Crippen LogP contribution in [0.15, 0.2) is 69.3 Å². The van der Waals surface area contributed by atoms with E-state index >= 15 is 0 Å². The quantitative estimate of drug-likeness (QED) is 0.335. The second kappa shape index (κ2) is 9.17. The van der Waals surface area contributed by atoms with Crippen LogP contribution >= 0.6 is 11.3 Å². The van der Waals surface area contributed by atoms with Gasteiger partial charge in [-0.1, -0.05) is 24.3 Å². The topological polar surface area (TPSA) is 82.3 Å². The van der Waals surface area contributed by atoms with Crippen LogP contribution in [0, 0.1) is 0 Å². The number of carbonyl (C=O) groups is 1. The molecular weight excluding hydrogens is 432 g/mol. The van der Waals surface area contributed by atoms with E-state index in [1.165, 1.54) is 4.70 Å². The lowest BCUT2D eigenvalue weighted by Crippen LogP contribution is -2.14. The predicted octanol–water partition coefficient (Wildman–Crippen LogP) is 5.89. The van der Waals surface area contributed by atoms with Crippen molar-refractivity contribution in [2.45, 2.75) is 12.8 Å². The van der Waals surface area contributed by atoms with Gasteiger partial charge in [-0.2, -0.15) is 5.11 Å². The van der Waals surface area contributed by atoms with Gasteiger partial charge in [0.2, 0.25) is 0 Å². The Morgan fingerprint density at radius 2 is 2.03 bits per heavy atom. The minimum absolute atomic E-state index is 0.158. The first-order valence-corrected chi connectivity index (χ1v) is 11.8. The standard InChI is InChI=1S/C25H24N6OS/c1-31(2)11-4-7-23(32)17-5-3-6-18(13-17)27-25-20-10-12-33-24(20)19-9-8-16(14-21(19)28-25)22-15-26-30-29-22/h3,5-6,8-10,12-14H,4,7,11,15H2,1-2H3,(H,27,28). The molecule has 7 nitrogen and oxygen atoms in total. The van der Waals surface area contributed by atoms with Crippen LogP contribution in [0.4, 0.5) is 11.5 Å². The van der Waals surface area contributed by atoms with Crippen LogP contribution < -0.4 is 5.32 Å². The summed E-state index contributed by atoms with van der Waals surface area (Å²) in [5.41, 5.74) is 4.28. The van der Waals surface area contributed by atoms with E-state index in [1.54, 1.807) is 11.3 Å². The Bertz CT molecular complexity index is 1400. The number of hydrogen-bond acceptors (Lipinski definition) is 8. The third-order valence-electron chi connectivity index (χ3n) is 5.63. The summed E-state index contributed by atoms with van der Waals surface area (Å²) in [6.45, 7) is 1.39. The molecule has 3 heterocycles. The third kappa shape index (κ3) is 4.53. The zero-order valence-electron chi connectivity index (χ0n) is 18.6. The number of nitrogens with zero attached hydrogens (tertiary/aromatic N) is 5. The molecule has 0 saturated heterocycles. The number of carbonyl (C=O) groups excluding carboxylic acids is 1. The summed E-state index contributed by atoms with van der Waals surface area (Å²) in [4.78, 5) is 19.7. The van der Waals surface area contributed by atoms with Gasteiger partial charge in [0.1, 0.15) is 12.4 Å². The highest BCUT2D eigenvalue weighted by molar-refractivity contribution is 7.18. The van der Waals surface area contributed by atoms with Gasteiger partial charge in [-0.25, -0.2) is 4.98 Å². The zero-order chi connectivity index (χ0) is 22.8. The van der Waals surface area contributed by atoms with Crippen molar-refractivity contribution in [1.29, 1.82) is 0 Å². The number of nitrogens with one attached hydrogen (secondary N) is 1. The van der Waals surface area contributed by atoms with E-state index in [-0.39, 0.29) is 5.78 Å². The van der Waals surface area contributed by atoms with E-state index in [1.807, 2.05) is 44.4 Å². The number of thiophene rings is 1. The molecule has 0 bridgehead atoms.